The Morgan fingerprint density at radius 1 is 1.03 bits per heavy atom. The van der Waals surface area contributed by atoms with Crippen LogP contribution in [-0.4, -0.2) is 22.0 Å². The van der Waals surface area contributed by atoms with Gasteiger partial charge < -0.3 is 4.74 Å². The fourth-order valence-corrected chi connectivity index (χ4v) is 4.24. The molecule has 3 aromatic carbocycles. The molecule has 33 heavy (non-hydrogen) atoms. The number of hydrogen-bond acceptors (Lipinski definition) is 5. The molecule has 1 aliphatic rings. The highest BCUT2D eigenvalue weighted by atomic mass is 35.5. The van der Waals surface area contributed by atoms with E-state index in [1.165, 1.54) is 24.3 Å². The van der Waals surface area contributed by atoms with Gasteiger partial charge >= 0.3 is 5.97 Å². The van der Waals surface area contributed by atoms with Gasteiger partial charge in [-0.2, -0.15) is 0 Å². The molecule has 0 aliphatic carbocycles. The van der Waals surface area contributed by atoms with Gasteiger partial charge in [-0.3, -0.25) is 14.5 Å². The molecule has 0 unspecified atom stereocenters. The average molecular weight is 502 g/mol. The lowest BCUT2D eigenvalue weighted by Gasteiger charge is -2.14. The molecule has 1 aliphatic heterocycles. The Hall–Kier alpha value is -3.13. The summed E-state index contributed by atoms with van der Waals surface area (Å²) in [5, 5.41) is 0.101. The van der Waals surface area contributed by atoms with E-state index in [0.29, 0.717) is 16.1 Å². The van der Waals surface area contributed by atoms with Gasteiger partial charge in [0.1, 0.15) is 11.6 Å². The summed E-state index contributed by atoms with van der Waals surface area (Å²) in [6, 6.07) is 16.9. The van der Waals surface area contributed by atoms with E-state index in [1.54, 1.807) is 48.5 Å². The first kappa shape index (κ1) is 23.0. The van der Waals surface area contributed by atoms with Crippen molar-refractivity contribution in [2.75, 3.05) is 0 Å². The van der Waals surface area contributed by atoms with E-state index in [-0.39, 0.29) is 27.8 Å². The third-order valence-corrected chi connectivity index (χ3v) is 6.21. The largest absolute Gasteiger partial charge is 0.423 e. The normalized spacial score (nSPS) is 14.8. The Balaban J connectivity index is 1.51. The summed E-state index contributed by atoms with van der Waals surface area (Å²) in [4.78, 5) is 38.6. The van der Waals surface area contributed by atoms with Crippen LogP contribution < -0.4 is 4.74 Å². The van der Waals surface area contributed by atoms with Crippen LogP contribution in [0.2, 0.25) is 10.0 Å². The van der Waals surface area contributed by atoms with E-state index in [2.05, 4.69) is 0 Å². The maximum absolute atomic E-state index is 14.1. The predicted molar refractivity (Wildman–Crippen MR) is 126 cm³/mol. The number of benzene rings is 3. The molecule has 1 fully saturated rings. The molecule has 9 heteroatoms. The van der Waals surface area contributed by atoms with Gasteiger partial charge in [0, 0.05) is 15.6 Å². The first-order valence-electron chi connectivity index (χ1n) is 9.58. The zero-order valence-corrected chi connectivity index (χ0v) is 19.1. The summed E-state index contributed by atoms with van der Waals surface area (Å²) >= 11 is 12.6. The summed E-state index contributed by atoms with van der Waals surface area (Å²) in [5.74, 6) is -1.46. The maximum atomic E-state index is 14.1. The van der Waals surface area contributed by atoms with E-state index < -0.39 is 22.9 Å². The van der Waals surface area contributed by atoms with Crippen molar-refractivity contribution in [1.29, 1.82) is 0 Å². The quantitative estimate of drug-likeness (QED) is 0.224. The molecule has 1 saturated heterocycles. The van der Waals surface area contributed by atoms with Gasteiger partial charge in [0.05, 0.1) is 17.0 Å². The Morgan fingerprint density at radius 3 is 2.48 bits per heavy atom. The minimum atomic E-state index is -0.597. The van der Waals surface area contributed by atoms with Crippen molar-refractivity contribution >= 4 is 58.2 Å². The zero-order chi connectivity index (χ0) is 23.5. The van der Waals surface area contributed by atoms with E-state index in [0.717, 1.165) is 16.7 Å². The second kappa shape index (κ2) is 9.79. The number of rotatable bonds is 5. The Bertz CT molecular complexity index is 1270. The van der Waals surface area contributed by atoms with E-state index >= 15 is 0 Å². The van der Waals surface area contributed by atoms with Gasteiger partial charge in [0.2, 0.25) is 0 Å². The van der Waals surface area contributed by atoms with Crippen LogP contribution in [0.1, 0.15) is 21.5 Å². The van der Waals surface area contributed by atoms with Gasteiger partial charge in [-0.05, 0) is 71.9 Å². The van der Waals surface area contributed by atoms with Crippen LogP contribution in [-0.2, 0) is 11.3 Å². The van der Waals surface area contributed by atoms with Crippen LogP contribution >= 0.6 is 35.0 Å². The van der Waals surface area contributed by atoms with Crippen molar-refractivity contribution in [3.63, 3.8) is 0 Å². The fourth-order valence-electron chi connectivity index (χ4n) is 3.05. The molecule has 5 nitrogen and oxygen atoms in total. The molecule has 4 rings (SSSR count). The van der Waals surface area contributed by atoms with E-state index in [1.807, 2.05) is 0 Å². The molecule has 1 heterocycles. The summed E-state index contributed by atoms with van der Waals surface area (Å²) in [5.41, 5.74) is 0.947. The number of ether oxygens (including phenoxy) is 1. The highest BCUT2D eigenvalue weighted by Gasteiger charge is 2.35. The van der Waals surface area contributed by atoms with Crippen molar-refractivity contribution < 1.29 is 23.5 Å². The second-order valence-corrected chi connectivity index (χ2v) is 8.77. The van der Waals surface area contributed by atoms with Gasteiger partial charge in [-0.25, -0.2) is 9.18 Å². The molecule has 0 spiro atoms. The number of nitrogens with zero attached hydrogens (tertiary/aromatic N) is 1. The monoisotopic (exact) mass is 501 g/mol. The molecule has 0 atom stereocenters. The van der Waals surface area contributed by atoms with Crippen LogP contribution in [0.5, 0.6) is 5.75 Å². The number of carbonyl (C=O) groups excluding carboxylic acids is 3. The molecule has 0 saturated carbocycles. The topological polar surface area (TPSA) is 63.7 Å². The number of thioether (sulfide) groups is 1. The summed E-state index contributed by atoms with van der Waals surface area (Å²) in [6.07, 6.45) is 1.51. The molecule has 3 aromatic rings. The minimum absolute atomic E-state index is 0.0684. The van der Waals surface area contributed by atoms with Crippen LogP contribution in [0.4, 0.5) is 9.18 Å². The van der Waals surface area contributed by atoms with Crippen molar-refractivity contribution in [2.45, 2.75) is 6.54 Å². The van der Waals surface area contributed by atoms with Crippen LogP contribution in [0, 0.1) is 5.82 Å². The number of halogens is 3. The molecule has 0 radical (unpaired) electrons. The minimum Gasteiger partial charge on any atom is -0.423 e. The highest BCUT2D eigenvalue weighted by Crippen LogP contribution is 2.35. The van der Waals surface area contributed by atoms with E-state index in [9.17, 15) is 18.8 Å². The summed E-state index contributed by atoms with van der Waals surface area (Å²) < 4.78 is 19.5. The van der Waals surface area contributed by atoms with E-state index in [4.69, 9.17) is 27.9 Å². The smallest absolute Gasteiger partial charge is 0.343 e. The lowest BCUT2D eigenvalue weighted by molar-refractivity contribution is -0.123. The molecule has 0 bridgehead atoms. The lowest BCUT2D eigenvalue weighted by atomic mass is 10.1. The molecule has 166 valence electrons. The maximum Gasteiger partial charge on any atom is 0.343 e. The number of esters is 1. The van der Waals surface area contributed by atoms with Gasteiger partial charge in [0.25, 0.3) is 11.1 Å². The Labute approximate surface area is 202 Å². The molecular formula is C24H14Cl2FNO4S. The standard InChI is InChI=1S/C24H14Cl2FNO4S/c25-16-9-7-15(8-10-16)23(30)32-17-4-1-3-14(11-17)12-21-22(29)28(24(31)33-21)13-18-19(26)5-2-6-20(18)27/h1-12H,13H2/b21-12-. The molecule has 0 aromatic heterocycles. The average Bonchev–Trinajstić information content (AvgIpc) is 3.04. The number of hydrogen-bond donors (Lipinski definition) is 0. The Kier molecular flexibility index (Phi) is 6.83. The zero-order valence-electron chi connectivity index (χ0n) is 16.8. The Morgan fingerprint density at radius 2 is 1.76 bits per heavy atom. The number of amides is 2. The van der Waals surface area contributed by atoms with Crippen LogP contribution in [0.15, 0.2) is 71.6 Å². The van der Waals surface area contributed by atoms with Gasteiger partial charge in [0.15, 0.2) is 0 Å². The molecular weight excluding hydrogens is 488 g/mol. The van der Waals surface area contributed by atoms with Crippen molar-refractivity contribution in [2.24, 2.45) is 0 Å². The van der Waals surface area contributed by atoms with Crippen molar-refractivity contribution in [3.8, 4) is 5.75 Å². The van der Waals surface area contributed by atoms with Crippen LogP contribution in [0.3, 0.4) is 0 Å². The second-order valence-electron chi connectivity index (χ2n) is 6.94. The number of imide groups is 1. The highest BCUT2D eigenvalue weighted by molar-refractivity contribution is 8.18. The third-order valence-electron chi connectivity index (χ3n) is 4.70. The SMILES string of the molecule is O=C(Oc1cccc(/C=C2\SC(=O)N(Cc3c(F)cccc3Cl)C2=O)c1)c1ccc(Cl)cc1. The van der Waals surface area contributed by atoms with Crippen molar-refractivity contribution in [3.05, 3.63) is 104 Å². The summed E-state index contributed by atoms with van der Waals surface area (Å²) in [7, 11) is 0. The third kappa shape index (κ3) is 5.27. The lowest BCUT2D eigenvalue weighted by Crippen LogP contribution is -2.28. The first-order chi connectivity index (χ1) is 15.8. The molecule has 0 N–H and O–H groups in total. The first-order valence-corrected chi connectivity index (χ1v) is 11.1. The molecule has 2 amide bonds. The van der Waals surface area contributed by atoms with Gasteiger partial charge in [-0.1, -0.05) is 41.4 Å². The number of carbonyl (C=O) groups is 3. The van der Waals surface area contributed by atoms with Gasteiger partial charge in [-0.15, -0.1) is 0 Å². The fraction of sp³-hybridized carbons (Fsp3) is 0.0417. The van der Waals surface area contributed by atoms with Crippen LogP contribution in [0.25, 0.3) is 6.08 Å². The van der Waals surface area contributed by atoms with Crippen molar-refractivity contribution in [1.82, 2.24) is 4.90 Å². The summed E-state index contributed by atoms with van der Waals surface area (Å²) in [6.45, 7) is -0.272. The predicted octanol–water partition coefficient (Wildman–Crippen LogP) is 6.59.